The number of nitrogens with zero attached hydrogens (tertiary/aromatic N) is 2. The molecule has 0 spiro atoms. The van der Waals surface area contributed by atoms with Crippen LogP contribution in [-0.2, 0) is 18.9 Å². The van der Waals surface area contributed by atoms with Crippen LogP contribution in [0.25, 0.3) is 11.0 Å². The number of benzene rings is 1. The van der Waals surface area contributed by atoms with Crippen molar-refractivity contribution in [3.8, 4) is 0 Å². The summed E-state index contributed by atoms with van der Waals surface area (Å²) in [4.78, 5) is 4.76. The molecule has 17 heavy (non-hydrogen) atoms. The average molecular weight is 248 g/mol. The fraction of sp³-hybridized carbons (Fsp3) is 0.500. The number of imidazole rings is 1. The minimum Gasteiger partial charge on any atom is -0.331 e. The van der Waals surface area contributed by atoms with Crippen LogP contribution in [0.5, 0.6) is 0 Å². The molecular formula is C14H20N2S. The van der Waals surface area contributed by atoms with E-state index >= 15 is 0 Å². The number of rotatable bonds is 2. The van der Waals surface area contributed by atoms with E-state index in [0.29, 0.717) is 0 Å². The van der Waals surface area contributed by atoms with Crippen molar-refractivity contribution in [2.75, 3.05) is 5.75 Å². The Kier molecular flexibility index (Phi) is 3.21. The van der Waals surface area contributed by atoms with Gasteiger partial charge in [0, 0.05) is 12.5 Å². The number of thiol groups is 1. The number of fused-ring (bicyclic) bond motifs is 1. The zero-order valence-corrected chi connectivity index (χ0v) is 11.9. The fourth-order valence-corrected chi connectivity index (χ4v) is 2.46. The van der Waals surface area contributed by atoms with Crippen molar-refractivity contribution in [2.24, 2.45) is 7.05 Å². The van der Waals surface area contributed by atoms with Crippen LogP contribution in [0, 0.1) is 0 Å². The Bertz CT molecular complexity index is 535. The highest BCUT2D eigenvalue weighted by Crippen LogP contribution is 2.25. The van der Waals surface area contributed by atoms with E-state index in [1.807, 2.05) is 0 Å². The first-order chi connectivity index (χ1) is 7.93. The second-order valence-electron chi connectivity index (χ2n) is 5.54. The Hall–Kier alpha value is -0.960. The molecule has 2 aromatic rings. The van der Waals surface area contributed by atoms with Gasteiger partial charge in [0.25, 0.3) is 0 Å². The maximum Gasteiger partial charge on any atom is 0.115 e. The van der Waals surface area contributed by atoms with Crippen molar-refractivity contribution < 1.29 is 0 Å². The molecule has 2 nitrogen and oxygen atoms in total. The van der Waals surface area contributed by atoms with Gasteiger partial charge in [0.1, 0.15) is 5.82 Å². The van der Waals surface area contributed by atoms with Crippen LogP contribution in [0.1, 0.15) is 32.2 Å². The molecule has 1 aromatic carbocycles. The van der Waals surface area contributed by atoms with E-state index in [0.717, 1.165) is 23.5 Å². The van der Waals surface area contributed by atoms with E-state index in [9.17, 15) is 0 Å². The molecule has 0 bridgehead atoms. The normalized spacial score (nSPS) is 12.3. The minimum absolute atomic E-state index is 0.0808. The summed E-state index contributed by atoms with van der Waals surface area (Å²) in [6, 6.07) is 6.52. The Morgan fingerprint density at radius 2 is 2.00 bits per heavy atom. The number of hydrogen-bond donors (Lipinski definition) is 1. The van der Waals surface area contributed by atoms with Crippen molar-refractivity contribution in [1.29, 1.82) is 0 Å². The van der Waals surface area contributed by atoms with Gasteiger partial charge in [-0.05, 0) is 29.9 Å². The molecule has 0 fully saturated rings. The largest absolute Gasteiger partial charge is 0.331 e. The standard InChI is InChI=1S/C14H20N2S/c1-14(2,3)13-15-11-9-10(7-8-17)5-6-12(11)16(13)4/h5-6,9,17H,7-8H2,1-4H3. The van der Waals surface area contributed by atoms with Crippen molar-refractivity contribution in [1.82, 2.24) is 9.55 Å². The van der Waals surface area contributed by atoms with Crippen LogP contribution in [-0.4, -0.2) is 15.3 Å². The Morgan fingerprint density at radius 3 is 2.59 bits per heavy atom. The van der Waals surface area contributed by atoms with E-state index in [4.69, 9.17) is 4.98 Å². The first-order valence-electron chi connectivity index (χ1n) is 6.00. The van der Waals surface area contributed by atoms with E-state index < -0.39 is 0 Å². The monoisotopic (exact) mass is 248 g/mol. The molecule has 3 heteroatoms. The summed E-state index contributed by atoms with van der Waals surface area (Å²) >= 11 is 4.27. The van der Waals surface area contributed by atoms with Crippen molar-refractivity contribution in [2.45, 2.75) is 32.6 Å². The molecule has 0 unspecified atom stereocenters. The SMILES string of the molecule is Cn1c(C(C)(C)C)nc2cc(CCS)ccc21. The second kappa shape index (κ2) is 4.37. The topological polar surface area (TPSA) is 17.8 Å². The van der Waals surface area contributed by atoms with Gasteiger partial charge in [0.2, 0.25) is 0 Å². The van der Waals surface area contributed by atoms with Crippen LogP contribution in [0.3, 0.4) is 0 Å². The van der Waals surface area contributed by atoms with Gasteiger partial charge in [-0.2, -0.15) is 12.6 Å². The maximum atomic E-state index is 4.76. The molecule has 1 heterocycles. The van der Waals surface area contributed by atoms with Crippen LogP contribution in [0.4, 0.5) is 0 Å². The third kappa shape index (κ3) is 2.34. The summed E-state index contributed by atoms with van der Waals surface area (Å²) < 4.78 is 2.19. The lowest BCUT2D eigenvalue weighted by molar-refractivity contribution is 0.526. The summed E-state index contributed by atoms with van der Waals surface area (Å²) in [6.07, 6.45) is 1.00. The fourth-order valence-electron chi connectivity index (χ4n) is 2.20. The predicted molar refractivity (Wildman–Crippen MR) is 77.0 cm³/mol. The quantitative estimate of drug-likeness (QED) is 0.807. The Labute approximate surface area is 108 Å². The van der Waals surface area contributed by atoms with Crippen molar-refractivity contribution >= 4 is 23.7 Å². The molecule has 0 aliphatic carbocycles. The number of aromatic nitrogens is 2. The molecule has 0 aliphatic heterocycles. The van der Waals surface area contributed by atoms with Crippen molar-refractivity contribution in [3.63, 3.8) is 0 Å². The Morgan fingerprint density at radius 1 is 1.29 bits per heavy atom. The molecule has 0 radical (unpaired) electrons. The lowest BCUT2D eigenvalue weighted by Gasteiger charge is -2.17. The van der Waals surface area contributed by atoms with Crippen LogP contribution in [0.15, 0.2) is 18.2 Å². The maximum absolute atomic E-state index is 4.76. The first-order valence-corrected chi connectivity index (χ1v) is 6.63. The lowest BCUT2D eigenvalue weighted by Crippen LogP contribution is -2.17. The second-order valence-corrected chi connectivity index (χ2v) is 5.99. The first kappa shape index (κ1) is 12.5. The van der Waals surface area contributed by atoms with E-state index in [1.54, 1.807) is 0 Å². The molecular weight excluding hydrogens is 228 g/mol. The van der Waals surface area contributed by atoms with Gasteiger partial charge in [0.05, 0.1) is 11.0 Å². The van der Waals surface area contributed by atoms with Gasteiger partial charge in [-0.1, -0.05) is 26.8 Å². The molecule has 0 amide bonds. The van der Waals surface area contributed by atoms with Gasteiger partial charge in [-0.15, -0.1) is 0 Å². The van der Waals surface area contributed by atoms with Crippen molar-refractivity contribution in [3.05, 3.63) is 29.6 Å². The molecule has 1 aromatic heterocycles. The molecule has 92 valence electrons. The van der Waals surface area contributed by atoms with Gasteiger partial charge in [-0.3, -0.25) is 0 Å². The minimum atomic E-state index is 0.0808. The van der Waals surface area contributed by atoms with E-state index in [1.165, 1.54) is 11.1 Å². The number of aryl methyl sites for hydroxylation is 2. The highest BCUT2D eigenvalue weighted by molar-refractivity contribution is 7.80. The van der Waals surface area contributed by atoms with Gasteiger partial charge < -0.3 is 4.57 Å². The summed E-state index contributed by atoms with van der Waals surface area (Å²) in [7, 11) is 2.09. The van der Waals surface area contributed by atoms with Crippen LogP contribution >= 0.6 is 12.6 Å². The summed E-state index contributed by atoms with van der Waals surface area (Å²) in [6.45, 7) is 6.59. The third-order valence-electron chi connectivity index (χ3n) is 3.02. The summed E-state index contributed by atoms with van der Waals surface area (Å²) in [5.74, 6) is 2.01. The van der Waals surface area contributed by atoms with Gasteiger partial charge in [-0.25, -0.2) is 4.98 Å². The molecule has 0 saturated heterocycles. The molecule has 2 rings (SSSR count). The van der Waals surface area contributed by atoms with E-state index in [2.05, 4.69) is 63.2 Å². The highest BCUT2D eigenvalue weighted by Gasteiger charge is 2.21. The summed E-state index contributed by atoms with van der Waals surface area (Å²) in [5, 5.41) is 0. The molecule has 0 N–H and O–H groups in total. The number of hydrogen-bond acceptors (Lipinski definition) is 2. The predicted octanol–water partition coefficient (Wildman–Crippen LogP) is 3.34. The van der Waals surface area contributed by atoms with E-state index in [-0.39, 0.29) is 5.41 Å². The van der Waals surface area contributed by atoms with Gasteiger partial charge in [0.15, 0.2) is 0 Å². The van der Waals surface area contributed by atoms with Gasteiger partial charge >= 0.3 is 0 Å². The Balaban J connectivity index is 2.57. The average Bonchev–Trinajstić information content (AvgIpc) is 2.56. The van der Waals surface area contributed by atoms with Crippen LogP contribution in [0.2, 0.25) is 0 Å². The lowest BCUT2D eigenvalue weighted by atomic mass is 9.96. The molecule has 0 aliphatic rings. The molecule has 0 saturated carbocycles. The molecule has 0 atom stereocenters. The zero-order chi connectivity index (χ0) is 12.6. The zero-order valence-electron chi connectivity index (χ0n) is 11.0. The third-order valence-corrected chi connectivity index (χ3v) is 3.24. The van der Waals surface area contributed by atoms with Crippen LogP contribution < -0.4 is 0 Å². The highest BCUT2D eigenvalue weighted by atomic mass is 32.1. The smallest absolute Gasteiger partial charge is 0.115 e. The summed E-state index contributed by atoms with van der Waals surface area (Å²) in [5.41, 5.74) is 3.69.